The predicted octanol–water partition coefficient (Wildman–Crippen LogP) is 4.97. The molecule has 0 atom stereocenters. The maximum absolute atomic E-state index is 13.2. The quantitative estimate of drug-likeness (QED) is 0.216. The minimum absolute atomic E-state index is 0.272. The molecular formula is C24H30ClN5O3S2. The lowest BCUT2D eigenvalue weighted by Crippen LogP contribution is -2.32. The van der Waals surface area contributed by atoms with Gasteiger partial charge in [0.15, 0.2) is 5.11 Å². The number of rotatable bonds is 10. The van der Waals surface area contributed by atoms with Crippen LogP contribution >= 0.6 is 23.8 Å². The van der Waals surface area contributed by atoms with Gasteiger partial charge in [0.25, 0.3) is 0 Å². The summed E-state index contributed by atoms with van der Waals surface area (Å²) in [5, 5.41) is 8.76. The number of hydrogen-bond acceptors (Lipinski definition) is 5. The number of benzene rings is 2. The first-order valence-corrected chi connectivity index (χ1v) is 13.5. The van der Waals surface area contributed by atoms with Crippen LogP contribution in [0.15, 0.2) is 52.6 Å². The number of aryl methyl sites for hydroxylation is 1. The summed E-state index contributed by atoms with van der Waals surface area (Å²) in [4.78, 5) is 0.272. The van der Waals surface area contributed by atoms with Gasteiger partial charge in [-0.05, 0) is 61.5 Å². The monoisotopic (exact) mass is 535 g/mol. The fourth-order valence-electron chi connectivity index (χ4n) is 3.73. The summed E-state index contributed by atoms with van der Waals surface area (Å²) in [6, 6.07) is 10.4. The number of thiocarbonyl (C=S) groups is 1. The molecule has 35 heavy (non-hydrogen) atoms. The van der Waals surface area contributed by atoms with Crippen molar-refractivity contribution in [2.75, 3.05) is 25.5 Å². The molecule has 0 aliphatic heterocycles. The lowest BCUT2D eigenvalue weighted by atomic mass is 10.2. The molecule has 1 heterocycles. The number of aromatic nitrogens is 1. The SMILES string of the molecule is CCCN(CCC)S(=O)(=O)c1ccc2c(c1)c(/C=N\NC(=S)Nc1ccc(OC)c(Cl)c1)cn2C. The van der Waals surface area contributed by atoms with E-state index in [1.54, 1.807) is 48.0 Å². The van der Waals surface area contributed by atoms with E-state index in [4.69, 9.17) is 28.6 Å². The molecule has 2 N–H and O–H groups in total. The maximum atomic E-state index is 13.2. The number of ether oxygens (including phenoxy) is 1. The van der Waals surface area contributed by atoms with E-state index in [1.807, 2.05) is 37.7 Å². The van der Waals surface area contributed by atoms with E-state index in [-0.39, 0.29) is 10.0 Å². The Bertz CT molecular complexity index is 1330. The average Bonchev–Trinajstić information content (AvgIpc) is 3.14. The number of sulfonamides is 1. The minimum atomic E-state index is -3.59. The van der Waals surface area contributed by atoms with Crippen LogP contribution in [0, 0.1) is 0 Å². The molecule has 2 aromatic carbocycles. The van der Waals surface area contributed by atoms with Crippen LogP contribution < -0.4 is 15.5 Å². The van der Waals surface area contributed by atoms with Crippen LogP contribution in [0.5, 0.6) is 5.75 Å². The fraction of sp³-hybridized carbons (Fsp3) is 0.333. The number of fused-ring (bicyclic) bond motifs is 1. The van der Waals surface area contributed by atoms with Crippen molar-refractivity contribution < 1.29 is 13.2 Å². The zero-order chi connectivity index (χ0) is 25.6. The Balaban J connectivity index is 1.80. The van der Waals surface area contributed by atoms with Crippen molar-refractivity contribution in [3.05, 3.63) is 53.2 Å². The Morgan fingerprint density at radius 3 is 2.54 bits per heavy atom. The van der Waals surface area contributed by atoms with Crippen molar-refractivity contribution in [1.29, 1.82) is 0 Å². The van der Waals surface area contributed by atoms with Crippen molar-refractivity contribution in [1.82, 2.24) is 14.3 Å². The summed E-state index contributed by atoms with van der Waals surface area (Å²) in [5.41, 5.74) is 5.13. The Kier molecular flexibility index (Phi) is 9.12. The highest BCUT2D eigenvalue weighted by molar-refractivity contribution is 7.89. The predicted molar refractivity (Wildman–Crippen MR) is 147 cm³/mol. The molecule has 0 fully saturated rings. The molecule has 8 nitrogen and oxygen atoms in total. The first-order chi connectivity index (χ1) is 16.7. The molecule has 11 heteroatoms. The number of methoxy groups -OCH3 is 1. The van der Waals surface area contributed by atoms with Gasteiger partial charge in [-0.15, -0.1) is 0 Å². The highest BCUT2D eigenvalue weighted by Gasteiger charge is 2.24. The molecule has 3 rings (SSSR count). The molecule has 0 radical (unpaired) electrons. The molecule has 0 amide bonds. The summed E-state index contributed by atoms with van der Waals surface area (Å²) < 4.78 is 35.1. The van der Waals surface area contributed by atoms with Gasteiger partial charge >= 0.3 is 0 Å². The van der Waals surface area contributed by atoms with Gasteiger partial charge in [-0.1, -0.05) is 25.4 Å². The Labute approximate surface area is 217 Å². The molecule has 0 aliphatic carbocycles. The third-order valence-corrected chi connectivity index (χ3v) is 7.74. The molecule has 3 aromatic rings. The summed E-state index contributed by atoms with van der Waals surface area (Å²) in [5.74, 6) is 0.568. The van der Waals surface area contributed by atoms with E-state index < -0.39 is 10.0 Å². The highest BCUT2D eigenvalue weighted by Crippen LogP contribution is 2.27. The van der Waals surface area contributed by atoms with Crippen molar-refractivity contribution in [2.45, 2.75) is 31.6 Å². The second-order valence-corrected chi connectivity index (χ2v) is 10.7. The maximum Gasteiger partial charge on any atom is 0.243 e. The van der Waals surface area contributed by atoms with E-state index in [0.29, 0.717) is 29.5 Å². The Morgan fingerprint density at radius 2 is 1.91 bits per heavy atom. The zero-order valence-corrected chi connectivity index (χ0v) is 22.6. The van der Waals surface area contributed by atoms with Gasteiger partial charge in [0.05, 0.1) is 23.2 Å². The summed E-state index contributed by atoms with van der Waals surface area (Å²) in [7, 11) is -0.135. The Hall–Kier alpha value is -2.66. The lowest BCUT2D eigenvalue weighted by molar-refractivity contribution is 0.410. The van der Waals surface area contributed by atoms with Gasteiger partial charge in [0, 0.05) is 48.5 Å². The number of anilines is 1. The number of nitrogens with one attached hydrogen (secondary N) is 2. The third kappa shape index (κ3) is 6.32. The van der Waals surface area contributed by atoms with Crippen molar-refractivity contribution >= 4 is 61.8 Å². The van der Waals surface area contributed by atoms with Crippen molar-refractivity contribution in [3.8, 4) is 5.75 Å². The number of nitrogens with zero attached hydrogens (tertiary/aromatic N) is 3. The van der Waals surface area contributed by atoms with Crippen LogP contribution in [0.2, 0.25) is 5.02 Å². The average molecular weight is 536 g/mol. The van der Waals surface area contributed by atoms with Crippen molar-refractivity contribution in [2.24, 2.45) is 12.1 Å². The van der Waals surface area contributed by atoms with Crippen LogP contribution in [0.25, 0.3) is 10.9 Å². The molecule has 1 aromatic heterocycles. The number of hydrogen-bond donors (Lipinski definition) is 2. The molecule has 0 aliphatic rings. The molecule has 0 saturated carbocycles. The highest BCUT2D eigenvalue weighted by atomic mass is 35.5. The molecule has 0 spiro atoms. The second kappa shape index (κ2) is 11.9. The van der Waals surface area contributed by atoms with Crippen LogP contribution in [-0.4, -0.2) is 48.8 Å². The first-order valence-electron chi connectivity index (χ1n) is 11.2. The second-order valence-electron chi connectivity index (χ2n) is 7.95. The lowest BCUT2D eigenvalue weighted by Gasteiger charge is -2.21. The normalized spacial score (nSPS) is 11.9. The summed E-state index contributed by atoms with van der Waals surface area (Å²) in [6.45, 7) is 4.93. The topological polar surface area (TPSA) is 88.0 Å². The van der Waals surface area contributed by atoms with E-state index >= 15 is 0 Å². The van der Waals surface area contributed by atoms with Gasteiger partial charge in [0.2, 0.25) is 10.0 Å². The van der Waals surface area contributed by atoms with Crippen molar-refractivity contribution in [3.63, 3.8) is 0 Å². The van der Waals surface area contributed by atoms with E-state index in [1.165, 1.54) is 0 Å². The number of halogens is 1. The van der Waals surface area contributed by atoms with Gasteiger partial charge in [-0.25, -0.2) is 8.42 Å². The van der Waals surface area contributed by atoms with Gasteiger partial charge in [-0.3, -0.25) is 5.43 Å². The Morgan fingerprint density at radius 1 is 1.20 bits per heavy atom. The fourth-order valence-corrected chi connectivity index (χ4v) is 5.81. The third-order valence-electron chi connectivity index (χ3n) is 5.35. The summed E-state index contributed by atoms with van der Waals surface area (Å²) in [6.07, 6.45) is 5.02. The number of hydrazone groups is 1. The van der Waals surface area contributed by atoms with E-state index in [9.17, 15) is 8.42 Å². The smallest absolute Gasteiger partial charge is 0.243 e. The van der Waals surface area contributed by atoms with Crippen LogP contribution in [0.4, 0.5) is 5.69 Å². The molecule has 188 valence electrons. The van der Waals surface area contributed by atoms with E-state index in [2.05, 4.69) is 15.8 Å². The van der Waals surface area contributed by atoms with Gasteiger partial charge in [-0.2, -0.15) is 9.41 Å². The van der Waals surface area contributed by atoms with Gasteiger partial charge in [0.1, 0.15) is 5.75 Å². The van der Waals surface area contributed by atoms with Crippen LogP contribution in [0.3, 0.4) is 0 Å². The molecule has 0 unspecified atom stereocenters. The van der Waals surface area contributed by atoms with E-state index in [0.717, 1.165) is 29.3 Å². The standard InChI is InChI=1S/C24H30ClN5O3S2/c1-5-11-30(12-6-2)35(31,32)19-8-9-22-20(14-19)17(16-29(22)3)15-26-28-24(34)27-18-7-10-23(33-4)21(25)13-18/h7-10,13-16H,5-6,11-12H2,1-4H3,(H2,27,28,34)/b26-15-. The molecular weight excluding hydrogens is 506 g/mol. The zero-order valence-electron chi connectivity index (χ0n) is 20.2. The largest absolute Gasteiger partial charge is 0.495 e. The first kappa shape index (κ1) is 26.9. The minimum Gasteiger partial charge on any atom is -0.495 e. The summed E-state index contributed by atoms with van der Waals surface area (Å²) >= 11 is 11.5. The van der Waals surface area contributed by atoms with Crippen LogP contribution in [-0.2, 0) is 17.1 Å². The van der Waals surface area contributed by atoms with Gasteiger partial charge < -0.3 is 14.6 Å². The van der Waals surface area contributed by atoms with Crippen LogP contribution in [0.1, 0.15) is 32.3 Å². The molecule has 0 saturated heterocycles. The molecule has 0 bridgehead atoms.